The van der Waals surface area contributed by atoms with Crippen LogP contribution < -0.4 is 0 Å². The molecule has 4 atom stereocenters. The minimum Gasteiger partial charge on any atom is -0.396 e. The standard InChI is InChI=1S/C20H34O2/c1-16(11-18(3)13-21)10-17(2)12-19(4)14-22-15-20-8-6-5-7-9-20/h5-9,16-19,21H,10-15H2,1-4H3/t16-,17+,18+,19+/m1/s1. The zero-order valence-corrected chi connectivity index (χ0v) is 14.8. The summed E-state index contributed by atoms with van der Waals surface area (Å²) < 4.78 is 5.84. The molecule has 0 fully saturated rings. The van der Waals surface area contributed by atoms with Crippen molar-refractivity contribution in [2.45, 2.75) is 53.6 Å². The molecule has 0 radical (unpaired) electrons. The monoisotopic (exact) mass is 306 g/mol. The number of aliphatic hydroxyl groups excluding tert-OH is 1. The van der Waals surface area contributed by atoms with E-state index in [1.807, 2.05) is 6.07 Å². The lowest BCUT2D eigenvalue weighted by atomic mass is 9.86. The van der Waals surface area contributed by atoms with Gasteiger partial charge < -0.3 is 9.84 Å². The van der Waals surface area contributed by atoms with Crippen LogP contribution in [0.2, 0.25) is 0 Å². The third kappa shape index (κ3) is 8.55. The summed E-state index contributed by atoms with van der Waals surface area (Å²) >= 11 is 0. The van der Waals surface area contributed by atoms with Crippen LogP contribution in [0.1, 0.15) is 52.5 Å². The zero-order chi connectivity index (χ0) is 16.4. The highest BCUT2D eigenvalue weighted by Gasteiger charge is 2.14. The van der Waals surface area contributed by atoms with E-state index in [-0.39, 0.29) is 0 Å². The molecule has 0 unspecified atom stereocenters. The van der Waals surface area contributed by atoms with Crippen molar-refractivity contribution < 1.29 is 9.84 Å². The molecule has 1 aromatic rings. The molecule has 0 aliphatic rings. The number of hydrogen-bond donors (Lipinski definition) is 1. The van der Waals surface area contributed by atoms with Crippen molar-refractivity contribution in [1.82, 2.24) is 0 Å². The number of hydrogen-bond acceptors (Lipinski definition) is 2. The van der Waals surface area contributed by atoms with Gasteiger partial charge in [0.15, 0.2) is 0 Å². The first-order valence-electron chi connectivity index (χ1n) is 8.73. The minimum atomic E-state index is 0.308. The Morgan fingerprint density at radius 2 is 1.36 bits per heavy atom. The van der Waals surface area contributed by atoms with Crippen molar-refractivity contribution in [3.05, 3.63) is 35.9 Å². The molecule has 2 heteroatoms. The van der Waals surface area contributed by atoms with Gasteiger partial charge in [0.2, 0.25) is 0 Å². The van der Waals surface area contributed by atoms with Gasteiger partial charge in [-0.05, 0) is 48.5 Å². The Hall–Kier alpha value is -0.860. The van der Waals surface area contributed by atoms with Gasteiger partial charge in [0.25, 0.3) is 0 Å². The van der Waals surface area contributed by atoms with Crippen molar-refractivity contribution in [1.29, 1.82) is 0 Å². The Balaban J connectivity index is 2.16. The van der Waals surface area contributed by atoms with Crippen LogP contribution in [0, 0.1) is 23.7 Å². The number of benzene rings is 1. The maximum atomic E-state index is 9.14. The van der Waals surface area contributed by atoms with Gasteiger partial charge >= 0.3 is 0 Å². The lowest BCUT2D eigenvalue weighted by molar-refractivity contribution is 0.0830. The summed E-state index contributed by atoms with van der Waals surface area (Å²) in [5.74, 6) is 2.43. The van der Waals surface area contributed by atoms with E-state index in [4.69, 9.17) is 9.84 Å². The zero-order valence-electron chi connectivity index (χ0n) is 14.8. The van der Waals surface area contributed by atoms with Gasteiger partial charge in [-0.2, -0.15) is 0 Å². The smallest absolute Gasteiger partial charge is 0.0717 e. The molecule has 2 nitrogen and oxygen atoms in total. The van der Waals surface area contributed by atoms with Crippen molar-refractivity contribution >= 4 is 0 Å². The van der Waals surface area contributed by atoms with Crippen LogP contribution in [0.25, 0.3) is 0 Å². The van der Waals surface area contributed by atoms with Crippen LogP contribution in [0.5, 0.6) is 0 Å². The Morgan fingerprint density at radius 3 is 1.95 bits per heavy atom. The van der Waals surface area contributed by atoms with Gasteiger partial charge in [0.1, 0.15) is 0 Å². The molecular formula is C20H34O2. The molecule has 1 N–H and O–H groups in total. The van der Waals surface area contributed by atoms with Crippen LogP contribution in [0.15, 0.2) is 30.3 Å². The summed E-state index contributed by atoms with van der Waals surface area (Å²) in [4.78, 5) is 0. The molecule has 1 aromatic carbocycles. The van der Waals surface area contributed by atoms with Crippen molar-refractivity contribution in [3.8, 4) is 0 Å². The molecule has 126 valence electrons. The van der Waals surface area contributed by atoms with Gasteiger partial charge in [0.05, 0.1) is 6.61 Å². The van der Waals surface area contributed by atoms with Gasteiger partial charge in [-0.15, -0.1) is 0 Å². The fraction of sp³-hybridized carbons (Fsp3) is 0.700. The van der Waals surface area contributed by atoms with Crippen molar-refractivity contribution in [2.24, 2.45) is 23.7 Å². The van der Waals surface area contributed by atoms with Gasteiger partial charge in [-0.25, -0.2) is 0 Å². The number of ether oxygens (including phenoxy) is 1. The predicted molar refractivity (Wildman–Crippen MR) is 93.7 cm³/mol. The fourth-order valence-electron chi connectivity index (χ4n) is 3.35. The Labute approximate surface area is 136 Å². The van der Waals surface area contributed by atoms with Crippen LogP contribution in [-0.2, 0) is 11.3 Å². The second-order valence-corrected chi connectivity index (χ2v) is 7.31. The fourth-order valence-corrected chi connectivity index (χ4v) is 3.35. The molecule has 0 aliphatic carbocycles. The molecule has 0 aliphatic heterocycles. The second-order valence-electron chi connectivity index (χ2n) is 7.31. The third-order valence-electron chi connectivity index (χ3n) is 4.24. The average Bonchev–Trinajstić information content (AvgIpc) is 2.47. The van der Waals surface area contributed by atoms with E-state index in [0.29, 0.717) is 31.0 Å². The molecule has 22 heavy (non-hydrogen) atoms. The topological polar surface area (TPSA) is 29.5 Å². The molecule has 0 aromatic heterocycles. The summed E-state index contributed by atoms with van der Waals surface area (Å²) in [5.41, 5.74) is 1.24. The highest BCUT2D eigenvalue weighted by atomic mass is 16.5. The molecule has 0 bridgehead atoms. The molecule has 1 rings (SSSR count). The predicted octanol–water partition coefficient (Wildman–Crippen LogP) is 4.91. The third-order valence-corrected chi connectivity index (χ3v) is 4.24. The van der Waals surface area contributed by atoms with Crippen LogP contribution in [0.3, 0.4) is 0 Å². The van der Waals surface area contributed by atoms with E-state index in [2.05, 4.69) is 52.0 Å². The molecule has 0 saturated carbocycles. The van der Waals surface area contributed by atoms with Crippen LogP contribution in [0.4, 0.5) is 0 Å². The van der Waals surface area contributed by atoms with Crippen molar-refractivity contribution in [2.75, 3.05) is 13.2 Å². The molecule has 0 amide bonds. The van der Waals surface area contributed by atoms with E-state index in [1.54, 1.807) is 0 Å². The van der Waals surface area contributed by atoms with Crippen molar-refractivity contribution in [3.63, 3.8) is 0 Å². The van der Waals surface area contributed by atoms with Gasteiger partial charge in [0, 0.05) is 13.2 Å². The number of rotatable bonds is 11. The molecule has 0 spiro atoms. The second kappa shape index (κ2) is 10.8. The summed E-state index contributed by atoms with van der Waals surface area (Å²) in [6.07, 6.45) is 3.58. The van der Waals surface area contributed by atoms with E-state index >= 15 is 0 Å². The summed E-state index contributed by atoms with van der Waals surface area (Å²) in [5, 5.41) is 9.14. The first-order chi connectivity index (χ1) is 10.5. The summed E-state index contributed by atoms with van der Waals surface area (Å²) in [7, 11) is 0. The first-order valence-corrected chi connectivity index (χ1v) is 8.73. The van der Waals surface area contributed by atoms with Gasteiger partial charge in [-0.3, -0.25) is 0 Å². The highest BCUT2D eigenvalue weighted by Crippen LogP contribution is 2.24. The lowest BCUT2D eigenvalue weighted by Gasteiger charge is -2.22. The quantitative estimate of drug-likeness (QED) is 0.629. The van der Waals surface area contributed by atoms with E-state index in [0.717, 1.165) is 18.9 Å². The molecule has 0 heterocycles. The Kier molecular flexibility index (Phi) is 9.42. The van der Waals surface area contributed by atoms with E-state index in [1.165, 1.54) is 18.4 Å². The van der Waals surface area contributed by atoms with Gasteiger partial charge in [-0.1, -0.05) is 58.0 Å². The number of aliphatic hydroxyl groups is 1. The van der Waals surface area contributed by atoms with E-state index < -0.39 is 0 Å². The lowest BCUT2D eigenvalue weighted by Crippen LogP contribution is -2.14. The van der Waals surface area contributed by atoms with Crippen LogP contribution >= 0.6 is 0 Å². The van der Waals surface area contributed by atoms with E-state index in [9.17, 15) is 0 Å². The highest BCUT2D eigenvalue weighted by molar-refractivity contribution is 5.13. The Bertz CT molecular complexity index is 377. The summed E-state index contributed by atoms with van der Waals surface area (Å²) in [6, 6.07) is 10.4. The Morgan fingerprint density at radius 1 is 0.818 bits per heavy atom. The minimum absolute atomic E-state index is 0.308. The molecule has 0 saturated heterocycles. The maximum absolute atomic E-state index is 9.14. The normalized spacial score (nSPS) is 17.0. The molecular weight excluding hydrogens is 272 g/mol. The SMILES string of the molecule is C[C@H](C[C@H](C)C[C@H](C)COCc1ccccc1)C[C@H](C)CO. The van der Waals surface area contributed by atoms with Crippen LogP contribution in [-0.4, -0.2) is 18.3 Å². The summed E-state index contributed by atoms with van der Waals surface area (Å²) in [6.45, 7) is 10.9. The maximum Gasteiger partial charge on any atom is 0.0717 e. The largest absolute Gasteiger partial charge is 0.396 e. The first kappa shape index (κ1) is 19.2. The average molecular weight is 306 g/mol.